The van der Waals surface area contributed by atoms with Gasteiger partial charge in [0.05, 0.1) is 5.56 Å². The Kier molecular flexibility index (Phi) is 3.07. The van der Waals surface area contributed by atoms with Crippen molar-refractivity contribution < 1.29 is 13.6 Å². The van der Waals surface area contributed by atoms with Crippen molar-refractivity contribution in [3.63, 3.8) is 0 Å². The summed E-state index contributed by atoms with van der Waals surface area (Å²) in [5.74, 6) is -2.20. The molecule has 2 rings (SSSR count). The maximum absolute atomic E-state index is 13.7. The van der Waals surface area contributed by atoms with Gasteiger partial charge in [0.15, 0.2) is 5.78 Å². The molecule has 0 atom stereocenters. The Morgan fingerprint density at radius 2 is 1.94 bits per heavy atom. The number of hydrogen-bond donors (Lipinski definition) is 0. The van der Waals surface area contributed by atoms with E-state index in [4.69, 9.17) is 0 Å². The van der Waals surface area contributed by atoms with E-state index in [9.17, 15) is 13.6 Å². The quantitative estimate of drug-likeness (QED) is 0.741. The zero-order valence-corrected chi connectivity index (χ0v) is 10.2. The van der Waals surface area contributed by atoms with Gasteiger partial charge in [0.1, 0.15) is 11.6 Å². The molecule has 0 bridgehead atoms. The van der Waals surface area contributed by atoms with E-state index < -0.39 is 23.0 Å². The van der Waals surface area contributed by atoms with Gasteiger partial charge in [0.25, 0.3) is 0 Å². The normalized spacial score (nSPS) is 10.6. The van der Waals surface area contributed by atoms with Crippen molar-refractivity contribution in [3.05, 3.63) is 56.8 Å². The van der Waals surface area contributed by atoms with E-state index in [1.165, 1.54) is 24.3 Å². The summed E-state index contributed by atoms with van der Waals surface area (Å²) in [4.78, 5) is 12.9. The summed E-state index contributed by atoms with van der Waals surface area (Å²) in [5.41, 5.74) is 0.125. The van der Waals surface area contributed by atoms with Gasteiger partial charge in [0, 0.05) is 15.8 Å². The van der Waals surface area contributed by atoms with E-state index in [-0.39, 0.29) is 5.56 Å². The molecule has 0 amide bonds. The van der Waals surface area contributed by atoms with Crippen LogP contribution in [0.1, 0.15) is 26.4 Å². The highest BCUT2D eigenvalue weighted by molar-refractivity contribution is 7.10. The molecular formula is C13H10F2OS. The molecule has 2 aromatic rings. The highest BCUT2D eigenvalue weighted by Gasteiger charge is 2.21. The molecule has 0 aliphatic heterocycles. The zero-order chi connectivity index (χ0) is 12.6. The van der Waals surface area contributed by atoms with Crippen LogP contribution in [-0.4, -0.2) is 5.78 Å². The first-order valence-electron chi connectivity index (χ1n) is 5.05. The largest absolute Gasteiger partial charge is 0.288 e. The average Bonchev–Trinajstić information content (AvgIpc) is 2.71. The molecule has 0 aliphatic carbocycles. The van der Waals surface area contributed by atoms with Crippen LogP contribution in [0.25, 0.3) is 0 Å². The van der Waals surface area contributed by atoms with Crippen LogP contribution in [0, 0.1) is 25.5 Å². The van der Waals surface area contributed by atoms with Crippen LogP contribution < -0.4 is 0 Å². The number of aryl methyl sites for hydroxylation is 2. The number of halogens is 2. The number of hydrogen-bond acceptors (Lipinski definition) is 2. The van der Waals surface area contributed by atoms with Gasteiger partial charge in [-0.25, -0.2) is 8.78 Å². The molecule has 0 saturated heterocycles. The molecule has 1 aromatic carbocycles. The second-order valence-electron chi connectivity index (χ2n) is 3.83. The average molecular weight is 252 g/mol. The number of benzene rings is 1. The van der Waals surface area contributed by atoms with Crippen molar-refractivity contribution in [1.82, 2.24) is 0 Å². The Labute approximate surface area is 102 Å². The molecule has 0 fully saturated rings. The number of carbonyl (C=O) groups is 1. The maximum Gasteiger partial charge on any atom is 0.199 e. The molecule has 0 spiro atoms. The Bertz CT molecular complexity index is 587. The van der Waals surface area contributed by atoms with Crippen LogP contribution in [0.15, 0.2) is 23.6 Å². The first-order valence-corrected chi connectivity index (χ1v) is 5.93. The summed E-state index contributed by atoms with van der Waals surface area (Å²) in [6.07, 6.45) is 0. The Morgan fingerprint density at radius 3 is 2.53 bits per heavy atom. The monoisotopic (exact) mass is 252 g/mol. The van der Waals surface area contributed by atoms with E-state index in [0.29, 0.717) is 5.56 Å². The van der Waals surface area contributed by atoms with Gasteiger partial charge in [-0.05, 0) is 31.5 Å². The molecule has 1 heterocycles. The first kappa shape index (κ1) is 11.9. The van der Waals surface area contributed by atoms with E-state index in [1.54, 1.807) is 11.4 Å². The molecule has 4 heteroatoms. The van der Waals surface area contributed by atoms with E-state index in [1.807, 2.05) is 6.92 Å². The van der Waals surface area contributed by atoms with Crippen LogP contribution >= 0.6 is 11.3 Å². The predicted octanol–water partition coefficient (Wildman–Crippen LogP) is 3.87. The smallest absolute Gasteiger partial charge is 0.199 e. The van der Waals surface area contributed by atoms with Crippen molar-refractivity contribution in [1.29, 1.82) is 0 Å². The molecule has 88 valence electrons. The van der Waals surface area contributed by atoms with Crippen LogP contribution in [0.4, 0.5) is 8.78 Å². The molecule has 1 nitrogen and oxygen atoms in total. The van der Waals surface area contributed by atoms with Crippen LogP contribution in [0.5, 0.6) is 0 Å². The minimum absolute atomic E-state index is 0.265. The van der Waals surface area contributed by atoms with E-state index in [0.717, 1.165) is 10.9 Å². The number of ketones is 1. The fourth-order valence-electron chi connectivity index (χ4n) is 1.57. The minimum atomic E-state index is -0.818. The van der Waals surface area contributed by atoms with Crippen molar-refractivity contribution in [3.8, 4) is 0 Å². The molecule has 1 aromatic heterocycles. The van der Waals surface area contributed by atoms with Gasteiger partial charge in [0.2, 0.25) is 0 Å². The molecule has 17 heavy (non-hydrogen) atoms. The first-order chi connectivity index (χ1) is 8.00. The lowest BCUT2D eigenvalue weighted by atomic mass is 10.0. The van der Waals surface area contributed by atoms with Gasteiger partial charge < -0.3 is 0 Å². The predicted molar refractivity (Wildman–Crippen MR) is 63.6 cm³/mol. The number of thiophene rings is 1. The summed E-state index contributed by atoms with van der Waals surface area (Å²) in [6, 6.07) is 4.07. The second-order valence-corrected chi connectivity index (χ2v) is 4.94. The van der Waals surface area contributed by atoms with Gasteiger partial charge in [-0.3, -0.25) is 4.79 Å². The van der Waals surface area contributed by atoms with E-state index >= 15 is 0 Å². The third kappa shape index (κ3) is 2.13. The lowest BCUT2D eigenvalue weighted by Gasteiger charge is -2.05. The molecule has 0 unspecified atom stereocenters. The third-order valence-corrected chi connectivity index (χ3v) is 3.37. The summed E-state index contributed by atoms with van der Waals surface area (Å²) >= 11 is 1.38. The highest BCUT2D eigenvalue weighted by Crippen LogP contribution is 2.22. The summed E-state index contributed by atoms with van der Waals surface area (Å²) in [5, 5.41) is 1.61. The minimum Gasteiger partial charge on any atom is -0.288 e. The van der Waals surface area contributed by atoms with Crippen molar-refractivity contribution in [2.45, 2.75) is 13.8 Å². The summed E-state index contributed by atoms with van der Waals surface area (Å²) in [6.45, 7) is 3.34. The number of carbonyl (C=O) groups excluding carboxylic acids is 1. The van der Waals surface area contributed by atoms with Crippen molar-refractivity contribution in [2.75, 3.05) is 0 Å². The lowest BCUT2D eigenvalue weighted by molar-refractivity contribution is 0.103. The van der Waals surface area contributed by atoms with Crippen LogP contribution in [-0.2, 0) is 0 Å². The molecule has 0 N–H and O–H groups in total. The Balaban J connectivity index is 2.54. The Hall–Kier alpha value is -1.55. The van der Waals surface area contributed by atoms with Gasteiger partial charge >= 0.3 is 0 Å². The molecular weight excluding hydrogens is 242 g/mol. The highest BCUT2D eigenvalue weighted by atomic mass is 32.1. The maximum atomic E-state index is 13.7. The molecule has 0 radical (unpaired) electrons. The van der Waals surface area contributed by atoms with Gasteiger partial charge in [-0.15, -0.1) is 11.3 Å². The Morgan fingerprint density at radius 1 is 1.24 bits per heavy atom. The lowest BCUT2D eigenvalue weighted by Crippen LogP contribution is -2.07. The fraction of sp³-hybridized carbons (Fsp3) is 0.154. The van der Waals surface area contributed by atoms with E-state index in [2.05, 4.69) is 0 Å². The van der Waals surface area contributed by atoms with Gasteiger partial charge in [-0.1, -0.05) is 6.07 Å². The van der Waals surface area contributed by atoms with Gasteiger partial charge in [-0.2, -0.15) is 0 Å². The SMILES string of the molecule is Cc1cc(C(=O)c2c(F)ccc(C)c2F)cs1. The molecule has 0 aliphatic rings. The summed E-state index contributed by atoms with van der Waals surface area (Å²) < 4.78 is 27.3. The topological polar surface area (TPSA) is 17.1 Å². The van der Waals surface area contributed by atoms with Crippen molar-refractivity contribution >= 4 is 17.1 Å². The second kappa shape index (κ2) is 4.37. The van der Waals surface area contributed by atoms with Crippen LogP contribution in [0.3, 0.4) is 0 Å². The molecule has 0 saturated carbocycles. The summed E-state index contributed by atoms with van der Waals surface area (Å²) in [7, 11) is 0. The fourth-order valence-corrected chi connectivity index (χ4v) is 2.25. The third-order valence-electron chi connectivity index (χ3n) is 2.50. The van der Waals surface area contributed by atoms with Crippen LogP contribution in [0.2, 0.25) is 0 Å². The standard InChI is InChI=1S/C13H10F2OS/c1-7-3-4-10(14)11(12(7)15)13(16)9-5-8(2)17-6-9/h3-6H,1-2H3. The number of rotatable bonds is 2. The van der Waals surface area contributed by atoms with Crippen molar-refractivity contribution in [2.24, 2.45) is 0 Å². The zero-order valence-electron chi connectivity index (χ0n) is 9.38.